The zero-order valence-electron chi connectivity index (χ0n) is 10.7. The van der Waals surface area contributed by atoms with E-state index in [9.17, 15) is 10.1 Å². The molecule has 1 rings (SSSR count). The van der Waals surface area contributed by atoms with E-state index in [1.54, 1.807) is 12.1 Å². The molecule has 1 atom stereocenters. The van der Waals surface area contributed by atoms with Crippen LogP contribution in [0.3, 0.4) is 0 Å². The monoisotopic (exact) mass is 266 g/mol. The lowest BCUT2D eigenvalue weighted by atomic mass is 10.1. The molecule has 0 fully saturated rings. The predicted molar refractivity (Wildman–Crippen MR) is 72.3 cm³/mol. The van der Waals surface area contributed by atoms with Crippen LogP contribution in [0.15, 0.2) is 29.4 Å². The van der Waals surface area contributed by atoms with E-state index >= 15 is 0 Å². The highest BCUT2D eigenvalue weighted by atomic mass is 16.6. The first-order chi connectivity index (χ1) is 9.08. The number of hydrogen-bond donors (Lipinski definition) is 3. The number of rotatable bonds is 7. The highest BCUT2D eigenvalue weighted by Gasteiger charge is 2.10. The molecule has 0 aliphatic rings. The number of nitrogens with zero attached hydrogens (tertiary/aromatic N) is 2. The SMILES string of the molecule is CCC(NCCc1ccc([N+](=O)[O-])cc1)C(N)=NO. The highest BCUT2D eigenvalue weighted by Crippen LogP contribution is 2.12. The van der Waals surface area contributed by atoms with Gasteiger partial charge in [-0.1, -0.05) is 24.2 Å². The van der Waals surface area contributed by atoms with Gasteiger partial charge < -0.3 is 16.3 Å². The Kier molecular flexibility index (Phi) is 5.74. The molecule has 0 radical (unpaired) electrons. The Balaban J connectivity index is 2.46. The molecule has 19 heavy (non-hydrogen) atoms. The van der Waals surface area contributed by atoms with Gasteiger partial charge in [0.1, 0.15) is 0 Å². The van der Waals surface area contributed by atoms with E-state index < -0.39 is 4.92 Å². The summed E-state index contributed by atoms with van der Waals surface area (Å²) in [6.45, 7) is 2.58. The van der Waals surface area contributed by atoms with Gasteiger partial charge in [0.2, 0.25) is 0 Å². The van der Waals surface area contributed by atoms with Crippen LogP contribution in [0.1, 0.15) is 18.9 Å². The van der Waals surface area contributed by atoms with Crippen LogP contribution >= 0.6 is 0 Å². The Morgan fingerprint density at radius 3 is 2.63 bits per heavy atom. The van der Waals surface area contributed by atoms with E-state index in [4.69, 9.17) is 10.9 Å². The van der Waals surface area contributed by atoms with Crippen LogP contribution in [0.25, 0.3) is 0 Å². The molecule has 0 amide bonds. The van der Waals surface area contributed by atoms with Crippen LogP contribution < -0.4 is 11.1 Å². The maximum absolute atomic E-state index is 10.5. The molecule has 0 saturated carbocycles. The fourth-order valence-corrected chi connectivity index (χ4v) is 1.70. The van der Waals surface area contributed by atoms with Crippen molar-refractivity contribution in [2.24, 2.45) is 10.9 Å². The van der Waals surface area contributed by atoms with Gasteiger partial charge in [0.05, 0.1) is 11.0 Å². The zero-order chi connectivity index (χ0) is 14.3. The third-order valence-corrected chi connectivity index (χ3v) is 2.83. The average Bonchev–Trinajstić information content (AvgIpc) is 2.43. The van der Waals surface area contributed by atoms with Crippen LogP contribution in [-0.4, -0.2) is 28.6 Å². The molecule has 7 heteroatoms. The molecule has 1 aromatic carbocycles. The summed E-state index contributed by atoms with van der Waals surface area (Å²) in [5.41, 5.74) is 6.60. The van der Waals surface area contributed by atoms with E-state index in [1.165, 1.54) is 12.1 Å². The van der Waals surface area contributed by atoms with E-state index in [-0.39, 0.29) is 17.6 Å². The van der Waals surface area contributed by atoms with E-state index in [0.717, 1.165) is 12.0 Å². The quantitative estimate of drug-likeness (QED) is 0.226. The normalized spacial score (nSPS) is 13.2. The first-order valence-corrected chi connectivity index (χ1v) is 6.02. The van der Waals surface area contributed by atoms with Crippen LogP contribution in [0.4, 0.5) is 5.69 Å². The minimum absolute atomic E-state index is 0.0832. The molecular formula is C12H18N4O3. The fraction of sp³-hybridized carbons (Fsp3) is 0.417. The number of nitro benzene ring substituents is 1. The lowest BCUT2D eigenvalue weighted by Crippen LogP contribution is -2.41. The average molecular weight is 266 g/mol. The summed E-state index contributed by atoms with van der Waals surface area (Å²) >= 11 is 0. The van der Waals surface area contributed by atoms with Gasteiger partial charge in [-0.05, 0) is 24.9 Å². The number of benzene rings is 1. The zero-order valence-corrected chi connectivity index (χ0v) is 10.7. The summed E-state index contributed by atoms with van der Waals surface area (Å²) in [5, 5.41) is 25.2. The topological polar surface area (TPSA) is 114 Å². The first-order valence-electron chi connectivity index (χ1n) is 6.02. The second kappa shape index (κ2) is 7.32. The van der Waals surface area contributed by atoms with Crippen LogP contribution in [-0.2, 0) is 6.42 Å². The second-order valence-corrected chi connectivity index (χ2v) is 4.11. The Bertz CT molecular complexity index is 445. The molecule has 1 aromatic rings. The molecule has 104 valence electrons. The molecule has 1 unspecified atom stereocenters. The molecule has 0 aliphatic carbocycles. The van der Waals surface area contributed by atoms with Gasteiger partial charge in [0.15, 0.2) is 5.84 Å². The van der Waals surface area contributed by atoms with Crippen LogP contribution in [0, 0.1) is 10.1 Å². The van der Waals surface area contributed by atoms with Crippen molar-refractivity contribution in [2.45, 2.75) is 25.8 Å². The highest BCUT2D eigenvalue weighted by molar-refractivity contribution is 5.85. The number of hydrogen-bond acceptors (Lipinski definition) is 5. The smallest absolute Gasteiger partial charge is 0.269 e. The van der Waals surface area contributed by atoms with E-state index in [0.29, 0.717) is 13.0 Å². The molecule has 4 N–H and O–H groups in total. The molecule has 0 saturated heterocycles. The maximum atomic E-state index is 10.5. The van der Waals surface area contributed by atoms with Crippen molar-refractivity contribution in [2.75, 3.05) is 6.54 Å². The summed E-state index contributed by atoms with van der Waals surface area (Å²) in [6.07, 6.45) is 1.43. The van der Waals surface area contributed by atoms with Crippen molar-refractivity contribution in [3.05, 3.63) is 39.9 Å². The van der Waals surface area contributed by atoms with Crippen molar-refractivity contribution in [1.82, 2.24) is 5.32 Å². The summed E-state index contributed by atoms with van der Waals surface area (Å²) in [6, 6.07) is 6.25. The predicted octanol–water partition coefficient (Wildman–Crippen LogP) is 1.25. The van der Waals surface area contributed by atoms with Gasteiger partial charge in [-0.2, -0.15) is 0 Å². The Morgan fingerprint density at radius 1 is 1.53 bits per heavy atom. The maximum Gasteiger partial charge on any atom is 0.269 e. The number of oxime groups is 1. The number of nitro groups is 1. The number of non-ortho nitro benzene ring substituents is 1. The minimum atomic E-state index is -0.423. The molecule has 0 aliphatic heterocycles. The minimum Gasteiger partial charge on any atom is -0.409 e. The molecular weight excluding hydrogens is 248 g/mol. The van der Waals surface area contributed by atoms with Crippen molar-refractivity contribution < 1.29 is 10.1 Å². The second-order valence-electron chi connectivity index (χ2n) is 4.11. The van der Waals surface area contributed by atoms with Gasteiger partial charge in [-0.3, -0.25) is 10.1 Å². The van der Waals surface area contributed by atoms with Gasteiger partial charge in [0.25, 0.3) is 5.69 Å². The number of nitrogens with one attached hydrogen (secondary N) is 1. The largest absolute Gasteiger partial charge is 0.409 e. The lowest BCUT2D eigenvalue weighted by Gasteiger charge is -2.15. The van der Waals surface area contributed by atoms with Crippen LogP contribution in [0.2, 0.25) is 0 Å². The molecule has 0 bridgehead atoms. The standard InChI is InChI=1S/C12H18N4O3/c1-2-11(12(13)15-17)14-8-7-9-3-5-10(6-4-9)16(18)19/h3-6,11,14,17H,2,7-8H2,1H3,(H2,13,15). The lowest BCUT2D eigenvalue weighted by molar-refractivity contribution is -0.384. The Labute approximate surface area is 111 Å². The van der Waals surface area contributed by atoms with Crippen molar-refractivity contribution in [1.29, 1.82) is 0 Å². The summed E-state index contributed by atoms with van der Waals surface area (Å²) < 4.78 is 0. The molecule has 0 spiro atoms. The van der Waals surface area contributed by atoms with Crippen LogP contribution in [0.5, 0.6) is 0 Å². The van der Waals surface area contributed by atoms with Crippen molar-refractivity contribution in [3.8, 4) is 0 Å². The molecule has 0 aromatic heterocycles. The van der Waals surface area contributed by atoms with Gasteiger partial charge in [-0.25, -0.2) is 0 Å². The molecule has 0 heterocycles. The summed E-state index contributed by atoms with van der Waals surface area (Å²) in [5.74, 6) is 0.159. The fourth-order valence-electron chi connectivity index (χ4n) is 1.70. The van der Waals surface area contributed by atoms with E-state index in [2.05, 4.69) is 10.5 Å². The molecule has 7 nitrogen and oxygen atoms in total. The summed E-state index contributed by atoms with van der Waals surface area (Å²) in [7, 11) is 0. The van der Waals surface area contributed by atoms with Gasteiger partial charge in [-0.15, -0.1) is 0 Å². The van der Waals surface area contributed by atoms with Gasteiger partial charge >= 0.3 is 0 Å². The third-order valence-electron chi connectivity index (χ3n) is 2.83. The van der Waals surface area contributed by atoms with Crippen molar-refractivity contribution in [3.63, 3.8) is 0 Å². The number of nitrogens with two attached hydrogens (primary N) is 1. The van der Waals surface area contributed by atoms with Crippen molar-refractivity contribution >= 4 is 11.5 Å². The van der Waals surface area contributed by atoms with E-state index in [1.807, 2.05) is 6.92 Å². The summed E-state index contributed by atoms with van der Waals surface area (Å²) in [4.78, 5) is 10.1. The number of amidine groups is 1. The first kappa shape index (κ1) is 14.9. The van der Waals surface area contributed by atoms with Gasteiger partial charge in [0, 0.05) is 12.1 Å². The Hall–Kier alpha value is -2.15. The Morgan fingerprint density at radius 2 is 2.16 bits per heavy atom. The third kappa shape index (κ3) is 4.55.